The molecule has 1 aromatic carbocycles. The van der Waals surface area contributed by atoms with Gasteiger partial charge in [0.05, 0.1) is 9.80 Å². The van der Waals surface area contributed by atoms with E-state index in [1.807, 2.05) is 5.38 Å². The Balaban J connectivity index is 1.79. The molecule has 1 heterocycles. The van der Waals surface area contributed by atoms with Crippen LogP contribution in [0.4, 0.5) is 5.69 Å². The van der Waals surface area contributed by atoms with Crippen LogP contribution < -0.4 is 10.6 Å². The number of hydrogen-bond donors (Lipinski definition) is 2. The first-order chi connectivity index (χ1) is 11.5. The Morgan fingerprint density at radius 2 is 1.83 bits per heavy atom. The highest BCUT2D eigenvalue weighted by Gasteiger charge is 2.17. The number of rotatable bonds is 7. The predicted molar refractivity (Wildman–Crippen MR) is 91.4 cm³/mol. The second-order valence-electron chi connectivity index (χ2n) is 5.05. The second kappa shape index (κ2) is 8.21. The molecule has 8 heteroatoms. The molecule has 126 valence electrons. The first kappa shape index (κ1) is 17.6. The van der Waals surface area contributed by atoms with Crippen LogP contribution in [0.2, 0.25) is 0 Å². The second-order valence-corrected chi connectivity index (χ2v) is 6.00. The summed E-state index contributed by atoms with van der Waals surface area (Å²) in [6.45, 7) is 2.35. The highest BCUT2D eigenvalue weighted by atomic mass is 32.1. The van der Waals surface area contributed by atoms with E-state index in [4.69, 9.17) is 0 Å². The number of carbonyl (C=O) groups is 2. The summed E-state index contributed by atoms with van der Waals surface area (Å²) in [5.74, 6) is -0.494. The minimum atomic E-state index is -0.508. The Hall–Kier alpha value is -2.74. The first-order valence-corrected chi connectivity index (χ1v) is 8.22. The van der Waals surface area contributed by atoms with Crippen molar-refractivity contribution in [3.8, 4) is 0 Å². The van der Waals surface area contributed by atoms with Crippen molar-refractivity contribution in [2.45, 2.75) is 13.3 Å². The summed E-state index contributed by atoms with van der Waals surface area (Å²) < 4.78 is 0. The van der Waals surface area contributed by atoms with Crippen molar-refractivity contribution >= 4 is 28.8 Å². The molecule has 2 rings (SSSR count). The minimum absolute atomic E-state index is 0.0779. The Morgan fingerprint density at radius 1 is 1.12 bits per heavy atom. The lowest BCUT2D eigenvalue weighted by Gasteiger charge is -2.08. The third kappa shape index (κ3) is 4.39. The third-order valence-electron chi connectivity index (χ3n) is 3.42. The first-order valence-electron chi connectivity index (χ1n) is 7.34. The Morgan fingerprint density at radius 3 is 2.46 bits per heavy atom. The predicted octanol–water partition coefficient (Wildman–Crippen LogP) is 2.51. The van der Waals surface area contributed by atoms with Gasteiger partial charge in [0.25, 0.3) is 17.5 Å². The van der Waals surface area contributed by atoms with Crippen LogP contribution in [0.25, 0.3) is 0 Å². The van der Waals surface area contributed by atoms with E-state index in [2.05, 4.69) is 10.6 Å². The number of carbonyl (C=O) groups excluding carboxylic acids is 2. The Kier molecular flexibility index (Phi) is 6.02. The van der Waals surface area contributed by atoms with Crippen LogP contribution in [-0.2, 0) is 0 Å². The van der Waals surface area contributed by atoms with E-state index in [1.54, 1.807) is 25.1 Å². The van der Waals surface area contributed by atoms with E-state index in [-0.39, 0.29) is 23.1 Å². The molecule has 1 aromatic heterocycles. The van der Waals surface area contributed by atoms with Gasteiger partial charge in [0.2, 0.25) is 0 Å². The van der Waals surface area contributed by atoms with Crippen LogP contribution in [0.3, 0.4) is 0 Å². The van der Waals surface area contributed by atoms with Crippen molar-refractivity contribution in [2.75, 3.05) is 13.1 Å². The van der Waals surface area contributed by atoms with Crippen molar-refractivity contribution in [1.29, 1.82) is 0 Å². The average molecular weight is 347 g/mol. The summed E-state index contributed by atoms with van der Waals surface area (Å²) in [6, 6.07) is 7.96. The fourth-order valence-electron chi connectivity index (χ4n) is 2.15. The molecule has 2 N–H and O–H groups in total. The molecule has 0 aliphatic rings. The van der Waals surface area contributed by atoms with Crippen LogP contribution >= 0.6 is 11.3 Å². The summed E-state index contributed by atoms with van der Waals surface area (Å²) in [4.78, 5) is 34.9. The molecule has 0 saturated heterocycles. The van der Waals surface area contributed by atoms with E-state index in [0.29, 0.717) is 30.0 Å². The number of amides is 2. The van der Waals surface area contributed by atoms with E-state index in [0.717, 1.165) is 0 Å². The van der Waals surface area contributed by atoms with Crippen molar-refractivity contribution in [3.63, 3.8) is 0 Å². The monoisotopic (exact) mass is 347 g/mol. The lowest BCUT2D eigenvalue weighted by atomic mass is 10.1. The quantitative estimate of drug-likeness (QED) is 0.456. The lowest BCUT2D eigenvalue weighted by Crippen LogP contribution is -2.30. The van der Waals surface area contributed by atoms with Crippen LogP contribution in [0.15, 0.2) is 35.7 Å². The standard InChI is InChI=1S/C16H17N3O4S/c1-11-12(5-2-6-13(11)19(22)23)15(20)17-8-4-9-18-16(21)14-7-3-10-24-14/h2-3,5-7,10H,4,8-9H2,1H3,(H,17,20)(H,18,21). The van der Waals surface area contributed by atoms with E-state index < -0.39 is 4.92 Å². The molecule has 0 fully saturated rings. The molecule has 0 aliphatic heterocycles. The number of benzene rings is 1. The van der Waals surface area contributed by atoms with E-state index in [9.17, 15) is 19.7 Å². The van der Waals surface area contributed by atoms with Gasteiger partial charge in [-0.05, 0) is 30.9 Å². The molecule has 0 saturated carbocycles. The van der Waals surface area contributed by atoms with Gasteiger partial charge < -0.3 is 10.6 Å². The fraction of sp³-hybridized carbons (Fsp3) is 0.250. The lowest BCUT2D eigenvalue weighted by molar-refractivity contribution is -0.385. The number of nitrogens with one attached hydrogen (secondary N) is 2. The van der Waals surface area contributed by atoms with Gasteiger partial charge in [-0.15, -0.1) is 11.3 Å². The SMILES string of the molecule is Cc1c(C(=O)NCCCNC(=O)c2cccs2)cccc1[N+](=O)[O-]. The molecule has 24 heavy (non-hydrogen) atoms. The van der Waals surface area contributed by atoms with Crippen LogP contribution in [0, 0.1) is 17.0 Å². The third-order valence-corrected chi connectivity index (χ3v) is 4.28. The van der Waals surface area contributed by atoms with Gasteiger partial charge >= 0.3 is 0 Å². The molecule has 0 atom stereocenters. The van der Waals surface area contributed by atoms with Crippen LogP contribution in [0.5, 0.6) is 0 Å². The molecule has 2 aromatic rings. The van der Waals surface area contributed by atoms with Gasteiger partial charge in [0, 0.05) is 30.3 Å². The minimum Gasteiger partial charge on any atom is -0.352 e. The summed E-state index contributed by atoms with van der Waals surface area (Å²) in [5, 5.41) is 18.2. The van der Waals surface area contributed by atoms with Crippen molar-refractivity contribution in [2.24, 2.45) is 0 Å². The molecule has 0 unspecified atom stereocenters. The van der Waals surface area contributed by atoms with Gasteiger partial charge in [-0.3, -0.25) is 19.7 Å². The molecule has 0 spiro atoms. The number of nitrogens with zero attached hydrogens (tertiary/aromatic N) is 1. The molecule has 7 nitrogen and oxygen atoms in total. The number of hydrogen-bond acceptors (Lipinski definition) is 5. The van der Waals surface area contributed by atoms with E-state index >= 15 is 0 Å². The Labute approximate surface area is 142 Å². The summed E-state index contributed by atoms with van der Waals surface area (Å²) >= 11 is 1.37. The maximum absolute atomic E-state index is 12.1. The number of nitro benzene ring substituents is 1. The van der Waals surface area contributed by atoms with Gasteiger partial charge in [-0.2, -0.15) is 0 Å². The van der Waals surface area contributed by atoms with Gasteiger partial charge in [-0.25, -0.2) is 0 Å². The topological polar surface area (TPSA) is 101 Å². The zero-order chi connectivity index (χ0) is 17.5. The maximum atomic E-state index is 12.1. The molecular weight excluding hydrogens is 330 g/mol. The highest BCUT2D eigenvalue weighted by molar-refractivity contribution is 7.12. The largest absolute Gasteiger partial charge is 0.352 e. The van der Waals surface area contributed by atoms with Crippen LogP contribution in [-0.4, -0.2) is 29.8 Å². The molecule has 0 radical (unpaired) electrons. The smallest absolute Gasteiger partial charge is 0.273 e. The van der Waals surface area contributed by atoms with Crippen LogP contribution in [0.1, 0.15) is 32.0 Å². The zero-order valence-electron chi connectivity index (χ0n) is 13.1. The molecule has 0 bridgehead atoms. The molecule has 0 aliphatic carbocycles. The molecular formula is C16H17N3O4S. The summed E-state index contributed by atoms with van der Waals surface area (Å²) in [6.07, 6.45) is 0.566. The van der Waals surface area contributed by atoms with Gasteiger partial charge in [-0.1, -0.05) is 12.1 Å². The fourth-order valence-corrected chi connectivity index (χ4v) is 2.79. The van der Waals surface area contributed by atoms with Gasteiger partial charge in [0.15, 0.2) is 0 Å². The summed E-state index contributed by atoms with van der Waals surface area (Å²) in [5.41, 5.74) is 0.545. The van der Waals surface area contributed by atoms with Gasteiger partial charge in [0.1, 0.15) is 0 Å². The Bertz CT molecular complexity index is 744. The zero-order valence-corrected chi connectivity index (χ0v) is 13.9. The van der Waals surface area contributed by atoms with Crippen molar-refractivity contribution in [3.05, 3.63) is 61.8 Å². The number of nitro groups is 1. The van der Waals surface area contributed by atoms with Crippen molar-refractivity contribution < 1.29 is 14.5 Å². The van der Waals surface area contributed by atoms with Crippen molar-refractivity contribution in [1.82, 2.24) is 10.6 Å². The highest BCUT2D eigenvalue weighted by Crippen LogP contribution is 2.20. The summed E-state index contributed by atoms with van der Waals surface area (Å²) in [7, 11) is 0. The maximum Gasteiger partial charge on any atom is 0.273 e. The van der Waals surface area contributed by atoms with E-state index in [1.165, 1.54) is 23.5 Å². The normalized spacial score (nSPS) is 10.2. The average Bonchev–Trinajstić information content (AvgIpc) is 3.08. The number of thiophene rings is 1. The molecule has 2 amide bonds.